The first-order valence-electron chi connectivity index (χ1n) is 6.63. The van der Waals surface area contributed by atoms with Crippen LogP contribution in [0, 0.1) is 0 Å². The van der Waals surface area contributed by atoms with Crippen LogP contribution in [0.4, 0.5) is 0 Å². The number of carbonyl (C=O) groups is 1. The summed E-state index contributed by atoms with van der Waals surface area (Å²) in [5.74, 6) is 0.806. The topological polar surface area (TPSA) is 52.1 Å². The summed E-state index contributed by atoms with van der Waals surface area (Å²) in [4.78, 5) is 20.8. The van der Waals surface area contributed by atoms with Gasteiger partial charge in [0.15, 0.2) is 5.78 Å². The molecule has 0 aliphatic heterocycles. The number of ether oxygens (including phenoxy) is 1. The maximum atomic E-state index is 12.4. The predicted octanol–water partition coefficient (Wildman–Crippen LogP) is 3.06. The minimum atomic E-state index is 0.0517. The van der Waals surface area contributed by atoms with Crippen LogP contribution < -0.4 is 4.74 Å². The van der Waals surface area contributed by atoms with Gasteiger partial charge in [-0.25, -0.2) is 0 Å². The molecule has 1 aromatic heterocycles. The van der Waals surface area contributed by atoms with Gasteiger partial charge in [-0.05, 0) is 35.9 Å². The van der Waals surface area contributed by atoms with E-state index < -0.39 is 0 Å². The Bertz CT molecular complexity index is 799. The number of ketones is 1. The molecule has 104 valence electrons. The average Bonchev–Trinajstić information content (AvgIpc) is 2.54. The van der Waals surface area contributed by atoms with Crippen LogP contribution in [-0.4, -0.2) is 22.9 Å². The Balaban J connectivity index is 1.86. The Morgan fingerprint density at radius 2 is 1.86 bits per heavy atom. The molecule has 21 heavy (non-hydrogen) atoms. The molecule has 0 N–H and O–H groups in total. The summed E-state index contributed by atoms with van der Waals surface area (Å²) in [6.07, 6.45) is 3.60. The van der Waals surface area contributed by atoms with Crippen molar-refractivity contribution < 1.29 is 9.53 Å². The highest BCUT2D eigenvalue weighted by molar-refractivity contribution is 6.00. The number of benzene rings is 2. The van der Waals surface area contributed by atoms with Gasteiger partial charge in [0.2, 0.25) is 0 Å². The summed E-state index contributed by atoms with van der Waals surface area (Å²) >= 11 is 0. The Morgan fingerprint density at radius 3 is 2.67 bits per heavy atom. The van der Waals surface area contributed by atoms with Crippen molar-refractivity contribution in [1.29, 1.82) is 0 Å². The number of nitrogens with zero attached hydrogens (tertiary/aromatic N) is 2. The van der Waals surface area contributed by atoms with Gasteiger partial charge in [0.25, 0.3) is 0 Å². The molecule has 0 spiro atoms. The summed E-state index contributed by atoms with van der Waals surface area (Å²) in [6, 6.07) is 12.9. The highest BCUT2D eigenvalue weighted by atomic mass is 16.5. The van der Waals surface area contributed by atoms with Gasteiger partial charge in [0, 0.05) is 24.4 Å². The first-order valence-corrected chi connectivity index (χ1v) is 6.63. The molecule has 4 heteroatoms. The Morgan fingerprint density at radius 1 is 1.05 bits per heavy atom. The van der Waals surface area contributed by atoms with Gasteiger partial charge in [-0.15, -0.1) is 0 Å². The van der Waals surface area contributed by atoms with Crippen LogP contribution in [0.3, 0.4) is 0 Å². The van der Waals surface area contributed by atoms with E-state index in [0.717, 1.165) is 22.3 Å². The minimum absolute atomic E-state index is 0.0517. The van der Waals surface area contributed by atoms with Gasteiger partial charge in [0.1, 0.15) is 5.75 Å². The highest BCUT2D eigenvalue weighted by Crippen LogP contribution is 2.16. The van der Waals surface area contributed by atoms with Crippen molar-refractivity contribution >= 4 is 16.8 Å². The predicted molar refractivity (Wildman–Crippen MR) is 80.6 cm³/mol. The smallest absolute Gasteiger partial charge is 0.167 e. The molecule has 0 aliphatic rings. The van der Waals surface area contributed by atoms with Crippen molar-refractivity contribution in [3.05, 3.63) is 66.0 Å². The van der Waals surface area contributed by atoms with Crippen LogP contribution in [-0.2, 0) is 6.42 Å². The van der Waals surface area contributed by atoms with E-state index in [1.54, 1.807) is 31.6 Å². The molecule has 4 nitrogen and oxygen atoms in total. The Hall–Kier alpha value is -2.75. The van der Waals surface area contributed by atoms with Crippen molar-refractivity contribution in [3.63, 3.8) is 0 Å². The molecular weight excluding hydrogens is 264 g/mol. The van der Waals surface area contributed by atoms with Gasteiger partial charge >= 0.3 is 0 Å². The van der Waals surface area contributed by atoms with E-state index in [0.29, 0.717) is 12.0 Å². The lowest BCUT2D eigenvalue weighted by molar-refractivity contribution is 0.0993. The van der Waals surface area contributed by atoms with E-state index in [1.807, 2.05) is 30.3 Å². The second kappa shape index (κ2) is 5.71. The van der Waals surface area contributed by atoms with Gasteiger partial charge < -0.3 is 4.74 Å². The maximum Gasteiger partial charge on any atom is 0.167 e. The molecule has 0 aliphatic carbocycles. The van der Waals surface area contributed by atoms with Gasteiger partial charge in [-0.1, -0.05) is 12.1 Å². The molecule has 0 saturated heterocycles. The molecular formula is C17H14N2O2. The summed E-state index contributed by atoms with van der Waals surface area (Å²) in [5.41, 5.74) is 3.09. The van der Waals surface area contributed by atoms with E-state index in [4.69, 9.17) is 4.74 Å². The number of hydrogen-bond donors (Lipinski definition) is 0. The molecule has 0 fully saturated rings. The third kappa shape index (κ3) is 2.89. The molecule has 3 rings (SSSR count). The third-order valence-corrected chi connectivity index (χ3v) is 3.29. The van der Waals surface area contributed by atoms with Crippen molar-refractivity contribution in [2.45, 2.75) is 6.42 Å². The first kappa shape index (κ1) is 13.2. The quantitative estimate of drug-likeness (QED) is 0.688. The summed E-state index contributed by atoms with van der Waals surface area (Å²) in [6.45, 7) is 0. The second-order valence-corrected chi connectivity index (χ2v) is 4.71. The van der Waals surface area contributed by atoms with E-state index in [2.05, 4.69) is 9.97 Å². The fourth-order valence-corrected chi connectivity index (χ4v) is 2.21. The normalized spacial score (nSPS) is 10.5. The van der Waals surface area contributed by atoms with Crippen molar-refractivity contribution in [2.75, 3.05) is 7.11 Å². The zero-order chi connectivity index (χ0) is 14.7. The van der Waals surface area contributed by atoms with Gasteiger partial charge in [-0.2, -0.15) is 0 Å². The number of aromatic nitrogens is 2. The van der Waals surface area contributed by atoms with E-state index >= 15 is 0 Å². The minimum Gasteiger partial charge on any atom is -0.497 e. The van der Waals surface area contributed by atoms with E-state index in [1.165, 1.54) is 0 Å². The van der Waals surface area contributed by atoms with Crippen LogP contribution in [0.25, 0.3) is 11.0 Å². The van der Waals surface area contributed by atoms with Crippen LogP contribution in [0.15, 0.2) is 54.9 Å². The lowest BCUT2D eigenvalue weighted by Crippen LogP contribution is -2.04. The monoisotopic (exact) mass is 278 g/mol. The molecule has 0 atom stereocenters. The van der Waals surface area contributed by atoms with Crippen molar-refractivity contribution in [2.24, 2.45) is 0 Å². The lowest BCUT2D eigenvalue weighted by atomic mass is 10.0. The molecule has 0 saturated carbocycles. The number of hydrogen-bond acceptors (Lipinski definition) is 4. The average molecular weight is 278 g/mol. The van der Waals surface area contributed by atoms with E-state index in [-0.39, 0.29) is 5.78 Å². The molecule has 0 unspecified atom stereocenters. The number of methoxy groups -OCH3 is 1. The van der Waals surface area contributed by atoms with Crippen molar-refractivity contribution in [1.82, 2.24) is 9.97 Å². The van der Waals surface area contributed by atoms with Gasteiger partial charge in [-0.3, -0.25) is 14.8 Å². The molecule has 0 bridgehead atoms. The fourth-order valence-electron chi connectivity index (χ4n) is 2.21. The largest absolute Gasteiger partial charge is 0.497 e. The molecule has 0 radical (unpaired) electrons. The Kier molecular flexibility index (Phi) is 3.60. The summed E-state index contributed by atoms with van der Waals surface area (Å²) in [7, 11) is 1.61. The number of carbonyl (C=O) groups excluding carboxylic acids is 1. The Labute approximate surface area is 122 Å². The van der Waals surface area contributed by atoms with Gasteiger partial charge in [0.05, 0.1) is 18.1 Å². The maximum absolute atomic E-state index is 12.4. The lowest BCUT2D eigenvalue weighted by Gasteiger charge is -2.05. The third-order valence-electron chi connectivity index (χ3n) is 3.29. The van der Waals surface area contributed by atoms with E-state index in [9.17, 15) is 4.79 Å². The SMILES string of the molecule is COc1cccc(CC(=O)c2ccc3nccnc3c2)c1. The number of rotatable bonds is 4. The second-order valence-electron chi connectivity index (χ2n) is 4.71. The summed E-state index contributed by atoms with van der Waals surface area (Å²) < 4.78 is 5.17. The molecule has 1 heterocycles. The van der Waals surface area contributed by atoms with Crippen LogP contribution >= 0.6 is 0 Å². The number of Topliss-reactive ketones (excluding diaryl/α,β-unsaturated/α-hetero) is 1. The highest BCUT2D eigenvalue weighted by Gasteiger charge is 2.09. The molecule has 2 aromatic carbocycles. The molecule has 3 aromatic rings. The van der Waals surface area contributed by atoms with Crippen molar-refractivity contribution in [3.8, 4) is 5.75 Å². The summed E-state index contributed by atoms with van der Waals surface area (Å²) in [5, 5.41) is 0. The fraction of sp³-hybridized carbons (Fsp3) is 0.118. The first-order chi connectivity index (χ1) is 10.3. The zero-order valence-corrected chi connectivity index (χ0v) is 11.6. The number of fused-ring (bicyclic) bond motifs is 1. The van der Waals surface area contributed by atoms with Crippen LogP contribution in [0.1, 0.15) is 15.9 Å². The van der Waals surface area contributed by atoms with Crippen LogP contribution in [0.5, 0.6) is 5.75 Å². The van der Waals surface area contributed by atoms with Crippen LogP contribution in [0.2, 0.25) is 0 Å². The standard InChI is InChI=1S/C17H14N2O2/c1-21-14-4-2-3-12(9-14)10-17(20)13-5-6-15-16(11-13)19-8-7-18-15/h2-9,11H,10H2,1H3. The molecule has 0 amide bonds. The zero-order valence-electron chi connectivity index (χ0n) is 11.6.